The Morgan fingerprint density at radius 2 is 1.94 bits per heavy atom. The minimum Gasteiger partial charge on any atom is -0.381 e. The molecule has 6 nitrogen and oxygen atoms in total. The molecule has 0 aliphatic rings. The first-order valence-electron chi connectivity index (χ1n) is 5.48. The van der Waals surface area contributed by atoms with Crippen LogP contribution in [0.2, 0.25) is 0 Å². The minimum atomic E-state index is -2.93. The summed E-state index contributed by atoms with van der Waals surface area (Å²) in [5, 5.41) is 7.79. The molecule has 17 heavy (non-hydrogen) atoms. The Hall–Kier alpha value is -1.11. The van der Waals surface area contributed by atoms with Crippen molar-refractivity contribution in [3.63, 3.8) is 0 Å². The summed E-state index contributed by atoms with van der Waals surface area (Å²) >= 11 is 0. The van der Waals surface area contributed by atoms with Crippen LogP contribution < -0.4 is 5.73 Å². The van der Waals surface area contributed by atoms with Crippen molar-refractivity contribution in [1.82, 2.24) is 15.0 Å². The average molecular weight is 260 g/mol. The lowest BCUT2D eigenvalue weighted by atomic mass is 9.92. The van der Waals surface area contributed by atoms with Crippen molar-refractivity contribution in [1.29, 1.82) is 0 Å². The SMILES string of the molecule is CC(C)(C)c1c(N)nnn1CCCS(C)(=O)=O. The highest BCUT2D eigenvalue weighted by Crippen LogP contribution is 2.25. The fourth-order valence-electron chi connectivity index (χ4n) is 1.73. The number of rotatable bonds is 4. The first kappa shape index (κ1) is 14.0. The van der Waals surface area contributed by atoms with Gasteiger partial charge in [0.25, 0.3) is 0 Å². The number of aromatic nitrogens is 3. The lowest BCUT2D eigenvalue weighted by Crippen LogP contribution is -2.21. The summed E-state index contributed by atoms with van der Waals surface area (Å²) in [6, 6.07) is 0. The number of anilines is 1. The van der Waals surface area contributed by atoms with Crippen LogP contribution in [0.3, 0.4) is 0 Å². The molecule has 0 aromatic carbocycles. The highest BCUT2D eigenvalue weighted by Gasteiger charge is 2.23. The van der Waals surface area contributed by atoms with Crippen molar-refractivity contribution in [2.24, 2.45) is 0 Å². The predicted octanol–water partition coefficient (Wildman–Crippen LogP) is 0.593. The first-order valence-corrected chi connectivity index (χ1v) is 7.54. The van der Waals surface area contributed by atoms with Gasteiger partial charge in [0.15, 0.2) is 5.82 Å². The van der Waals surface area contributed by atoms with Crippen LogP contribution >= 0.6 is 0 Å². The number of nitrogens with zero attached hydrogens (tertiary/aromatic N) is 3. The number of nitrogens with two attached hydrogens (primary N) is 1. The van der Waals surface area contributed by atoms with Crippen LogP contribution in [-0.2, 0) is 21.8 Å². The molecule has 0 spiro atoms. The Balaban J connectivity index is 2.80. The summed E-state index contributed by atoms with van der Waals surface area (Å²) in [7, 11) is -2.93. The van der Waals surface area contributed by atoms with E-state index in [1.54, 1.807) is 4.68 Å². The molecule has 2 N–H and O–H groups in total. The van der Waals surface area contributed by atoms with Gasteiger partial charge in [0.1, 0.15) is 9.84 Å². The number of nitrogen functional groups attached to an aromatic ring is 1. The molecule has 0 fully saturated rings. The van der Waals surface area contributed by atoms with Crippen molar-refractivity contribution in [2.45, 2.75) is 39.2 Å². The predicted molar refractivity (Wildman–Crippen MR) is 67.5 cm³/mol. The van der Waals surface area contributed by atoms with Crippen molar-refractivity contribution in [3.05, 3.63) is 5.69 Å². The van der Waals surface area contributed by atoms with Crippen LogP contribution in [0.4, 0.5) is 5.82 Å². The van der Waals surface area contributed by atoms with Gasteiger partial charge in [0, 0.05) is 18.2 Å². The van der Waals surface area contributed by atoms with E-state index in [9.17, 15) is 8.42 Å². The number of sulfone groups is 1. The Bertz CT molecular complexity index is 485. The molecule has 0 amide bonds. The molecule has 1 rings (SSSR count). The monoisotopic (exact) mass is 260 g/mol. The third-order valence-corrected chi connectivity index (χ3v) is 3.39. The maximum absolute atomic E-state index is 11.0. The highest BCUT2D eigenvalue weighted by atomic mass is 32.2. The molecule has 1 aromatic rings. The van der Waals surface area contributed by atoms with Gasteiger partial charge in [-0.25, -0.2) is 13.1 Å². The molecule has 0 aliphatic carbocycles. The topological polar surface area (TPSA) is 90.9 Å². The quantitative estimate of drug-likeness (QED) is 0.855. The minimum absolute atomic E-state index is 0.149. The van der Waals surface area contributed by atoms with Crippen LogP contribution in [0, 0.1) is 0 Å². The third kappa shape index (κ3) is 3.99. The number of hydrogen-bond acceptors (Lipinski definition) is 5. The van der Waals surface area contributed by atoms with E-state index in [-0.39, 0.29) is 11.2 Å². The van der Waals surface area contributed by atoms with Crippen LogP contribution in [0.1, 0.15) is 32.9 Å². The van der Waals surface area contributed by atoms with E-state index in [1.165, 1.54) is 6.26 Å². The second-order valence-corrected chi connectivity index (χ2v) is 7.54. The summed E-state index contributed by atoms with van der Waals surface area (Å²) in [4.78, 5) is 0. The normalized spacial score (nSPS) is 12.9. The average Bonchev–Trinajstić information content (AvgIpc) is 2.43. The number of hydrogen-bond donors (Lipinski definition) is 1. The molecule has 0 saturated carbocycles. The van der Waals surface area contributed by atoms with Gasteiger partial charge in [-0.2, -0.15) is 0 Å². The van der Waals surface area contributed by atoms with Crippen LogP contribution in [0.25, 0.3) is 0 Å². The fourth-order valence-corrected chi connectivity index (χ4v) is 2.38. The van der Waals surface area contributed by atoms with E-state index >= 15 is 0 Å². The lowest BCUT2D eigenvalue weighted by Gasteiger charge is -2.19. The van der Waals surface area contributed by atoms with E-state index in [0.717, 1.165) is 5.69 Å². The molecule has 0 radical (unpaired) electrons. The highest BCUT2D eigenvalue weighted by molar-refractivity contribution is 7.90. The van der Waals surface area contributed by atoms with E-state index in [2.05, 4.69) is 10.3 Å². The van der Waals surface area contributed by atoms with E-state index in [1.807, 2.05) is 20.8 Å². The third-order valence-electron chi connectivity index (χ3n) is 2.36. The zero-order valence-corrected chi connectivity index (χ0v) is 11.6. The molecule has 0 unspecified atom stereocenters. The van der Waals surface area contributed by atoms with Gasteiger partial charge < -0.3 is 5.73 Å². The van der Waals surface area contributed by atoms with Crippen molar-refractivity contribution >= 4 is 15.7 Å². The van der Waals surface area contributed by atoms with Gasteiger partial charge in [-0.15, -0.1) is 5.10 Å². The summed E-state index contributed by atoms with van der Waals surface area (Å²) in [5.41, 5.74) is 6.47. The summed E-state index contributed by atoms with van der Waals surface area (Å²) in [6.07, 6.45) is 1.75. The maximum atomic E-state index is 11.0. The largest absolute Gasteiger partial charge is 0.381 e. The second kappa shape index (κ2) is 4.64. The Morgan fingerprint density at radius 1 is 1.35 bits per heavy atom. The fraction of sp³-hybridized carbons (Fsp3) is 0.800. The zero-order valence-electron chi connectivity index (χ0n) is 10.8. The lowest BCUT2D eigenvalue weighted by molar-refractivity contribution is 0.476. The van der Waals surface area contributed by atoms with Crippen LogP contribution in [0.15, 0.2) is 0 Å². The molecular formula is C10H20N4O2S. The summed E-state index contributed by atoms with van der Waals surface area (Å²) in [6.45, 7) is 6.59. The van der Waals surface area contributed by atoms with Gasteiger partial charge in [0.05, 0.1) is 11.4 Å². The summed E-state index contributed by atoms with van der Waals surface area (Å²) in [5.74, 6) is 0.563. The molecule has 0 aliphatic heterocycles. The molecule has 0 saturated heterocycles. The smallest absolute Gasteiger partial charge is 0.169 e. The van der Waals surface area contributed by atoms with E-state index < -0.39 is 9.84 Å². The molecule has 0 atom stereocenters. The first-order chi connectivity index (χ1) is 7.61. The van der Waals surface area contributed by atoms with Gasteiger partial charge in [0.2, 0.25) is 0 Å². The molecule has 7 heteroatoms. The van der Waals surface area contributed by atoms with E-state index in [0.29, 0.717) is 18.8 Å². The molecular weight excluding hydrogens is 240 g/mol. The second-order valence-electron chi connectivity index (χ2n) is 5.28. The van der Waals surface area contributed by atoms with Crippen molar-refractivity contribution < 1.29 is 8.42 Å². The molecule has 1 heterocycles. The molecule has 0 bridgehead atoms. The van der Waals surface area contributed by atoms with Gasteiger partial charge in [-0.1, -0.05) is 26.0 Å². The van der Waals surface area contributed by atoms with E-state index in [4.69, 9.17) is 5.73 Å². The zero-order chi connectivity index (χ0) is 13.3. The standard InChI is InChI=1S/C10H20N4O2S/c1-10(2,3)8-9(11)12-13-14(8)6-5-7-17(4,15)16/h5-7,11H2,1-4H3. The number of aryl methyl sites for hydroxylation is 1. The van der Waals surface area contributed by atoms with Crippen molar-refractivity contribution in [3.8, 4) is 0 Å². The van der Waals surface area contributed by atoms with Crippen LogP contribution in [0.5, 0.6) is 0 Å². The maximum Gasteiger partial charge on any atom is 0.169 e. The van der Waals surface area contributed by atoms with Gasteiger partial charge >= 0.3 is 0 Å². The molecule has 98 valence electrons. The van der Waals surface area contributed by atoms with Crippen molar-refractivity contribution in [2.75, 3.05) is 17.7 Å². The Labute approximate surface area is 102 Å². The van der Waals surface area contributed by atoms with Crippen LogP contribution in [-0.4, -0.2) is 35.4 Å². The van der Waals surface area contributed by atoms with Gasteiger partial charge in [-0.3, -0.25) is 0 Å². The summed E-state index contributed by atoms with van der Waals surface area (Å²) < 4.78 is 23.8. The Morgan fingerprint density at radius 3 is 2.41 bits per heavy atom. The van der Waals surface area contributed by atoms with Gasteiger partial charge in [-0.05, 0) is 6.42 Å². The Kier molecular flexibility index (Phi) is 3.81. The molecule has 1 aromatic heterocycles.